The van der Waals surface area contributed by atoms with Crippen molar-refractivity contribution in [2.45, 2.75) is 18.2 Å². The van der Waals surface area contributed by atoms with Crippen molar-refractivity contribution < 1.29 is 4.79 Å². The maximum Gasteiger partial charge on any atom is 0.180 e. The SMILES string of the molecule is O=C(c1ccccc1)C(Cl)C1CC1. The summed E-state index contributed by atoms with van der Waals surface area (Å²) in [5.74, 6) is 0.499. The number of hydrogen-bond donors (Lipinski definition) is 0. The van der Waals surface area contributed by atoms with Crippen LogP contribution in [0, 0.1) is 5.92 Å². The van der Waals surface area contributed by atoms with Crippen LogP contribution < -0.4 is 0 Å². The van der Waals surface area contributed by atoms with Gasteiger partial charge in [0.25, 0.3) is 0 Å². The van der Waals surface area contributed by atoms with Crippen molar-refractivity contribution in [3.63, 3.8) is 0 Å². The van der Waals surface area contributed by atoms with Crippen molar-refractivity contribution in [3.8, 4) is 0 Å². The number of Topliss-reactive ketones (excluding diaryl/α,β-unsaturated/α-hetero) is 1. The second kappa shape index (κ2) is 3.51. The highest BCUT2D eigenvalue weighted by molar-refractivity contribution is 6.34. The van der Waals surface area contributed by atoms with E-state index in [2.05, 4.69) is 0 Å². The first-order valence-corrected chi connectivity index (χ1v) is 4.96. The molecule has 0 radical (unpaired) electrons. The molecule has 2 rings (SSSR count). The fourth-order valence-corrected chi connectivity index (χ4v) is 1.74. The Kier molecular flexibility index (Phi) is 2.36. The molecule has 1 atom stereocenters. The molecule has 0 bridgehead atoms. The molecule has 1 fully saturated rings. The Morgan fingerprint density at radius 2 is 1.92 bits per heavy atom. The predicted octanol–water partition coefficient (Wildman–Crippen LogP) is 2.89. The fourth-order valence-electron chi connectivity index (χ4n) is 1.36. The number of rotatable bonds is 3. The van der Waals surface area contributed by atoms with Gasteiger partial charge in [0.2, 0.25) is 0 Å². The van der Waals surface area contributed by atoms with E-state index >= 15 is 0 Å². The fraction of sp³-hybridized carbons (Fsp3) is 0.364. The van der Waals surface area contributed by atoms with Gasteiger partial charge in [-0.05, 0) is 18.8 Å². The van der Waals surface area contributed by atoms with Crippen LogP contribution in [0.2, 0.25) is 0 Å². The van der Waals surface area contributed by atoms with Gasteiger partial charge in [-0.1, -0.05) is 30.3 Å². The molecular weight excluding hydrogens is 184 g/mol. The lowest BCUT2D eigenvalue weighted by atomic mass is 10.1. The topological polar surface area (TPSA) is 17.1 Å². The Labute approximate surface area is 82.7 Å². The Morgan fingerprint density at radius 1 is 1.31 bits per heavy atom. The second-order valence-electron chi connectivity index (χ2n) is 3.47. The number of benzene rings is 1. The van der Waals surface area contributed by atoms with Crippen molar-refractivity contribution in [1.82, 2.24) is 0 Å². The highest BCUT2D eigenvalue weighted by Crippen LogP contribution is 2.37. The first-order valence-electron chi connectivity index (χ1n) is 4.52. The van der Waals surface area contributed by atoms with E-state index in [4.69, 9.17) is 11.6 Å². The molecule has 1 saturated carbocycles. The van der Waals surface area contributed by atoms with Gasteiger partial charge in [-0.3, -0.25) is 4.79 Å². The van der Waals surface area contributed by atoms with Gasteiger partial charge >= 0.3 is 0 Å². The van der Waals surface area contributed by atoms with Crippen molar-refractivity contribution >= 4 is 17.4 Å². The van der Waals surface area contributed by atoms with E-state index in [-0.39, 0.29) is 11.2 Å². The molecular formula is C11H11ClO. The molecule has 0 N–H and O–H groups in total. The molecule has 2 heteroatoms. The molecule has 0 saturated heterocycles. The maximum atomic E-state index is 11.7. The van der Waals surface area contributed by atoms with E-state index < -0.39 is 0 Å². The van der Waals surface area contributed by atoms with Crippen LogP contribution in [0.5, 0.6) is 0 Å². The van der Waals surface area contributed by atoms with Crippen LogP contribution in [0.4, 0.5) is 0 Å². The van der Waals surface area contributed by atoms with E-state index in [0.717, 1.165) is 18.4 Å². The van der Waals surface area contributed by atoms with Crippen LogP contribution in [0.25, 0.3) is 0 Å². The minimum atomic E-state index is -0.303. The van der Waals surface area contributed by atoms with Crippen LogP contribution >= 0.6 is 11.6 Å². The largest absolute Gasteiger partial charge is 0.292 e. The molecule has 0 amide bonds. The highest BCUT2D eigenvalue weighted by atomic mass is 35.5. The lowest BCUT2D eigenvalue weighted by Gasteiger charge is -2.05. The molecule has 68 valence electrons. The summed E-state index contributed by atoms with van der Waals surface area (Å²) in [5.41, 5.74) is 0.731. The van der Waals surface area contributed by atoms with Crippen molar-refractivity contribution in [2.24, 2.45) is 5.92 Å². The molecule has 1 nitrogen and oxygen atoms in total. The summed E-state index contributed by atoms with van der Waals surface area (Å²) in [6.45, 7) is 0. The average molecular weight is 195 g/mol. The Morgan fingerprint density at radius 3 is 2.46 bits per heavy atom. The van der Waals surface area contributed by atoms with Gasteiger partial charge in [0.05, 0.1) is 5.38 Å². The third-order valence-electron chi connectivity index (χ3n) is 2.34. The zero-order valence-corrected chi connectivity index (χ0v) is 8.00. The van der Waals surface area contributed by atoms with Crippen LogP contribution in [0.1, 0.15) is 23.2 Å². The Balaban J connectivity index is 2.12. The summed E-state index contributed by atoms with van der Waals surface area (Å²) >= 11 is 6.01. The van der Waals surface area contributed by atoms with E-state index in [1.807, 2.05) is 30.3 Å². The molecule has 0 spiro atoms. The van der Waals surface area contributed by atoms with Crippen LogP contribution in [-0.2, 0) is 0 Å². The molecule has 13 heavy (non-hydrogen) atoms. The molecule has 1 aromatic carbocycles. The number of ketones is 1. The third-order valence-corrected chi connectivity index (χ3v) is 2.90. The first kappa shape index (κ1) is 8.76. The third kappa shape index (κ3) is 1.92. The maximum absolute atomic E-state index is 11.7. The highest BCUT2D eigenvalue weighted by Gasteiger charge is 2.34. The summed E-state index contributed by atoms with van der Waals surface area (Å²) in [6.07, 6.45) is 2.21. The zero-order chi connectivity index (χ0) is 9.26. The standard InChI is InChI=1S/C11H11ClO/c12-10(8-6-7-8)11(13)9-4-2-1-3-5-9/h1-5,8,10H,6-7H2. The second-order valence-corrected chi connectivity index (χ2v) is 3.94. The molecule has 0 aromatic heterocycles. The monoisotopic (exact) mass is 194 g/mol. The Hall–Kier alpha value is -0.820. The van der Waals surface area contributed by atoms with Gasteiger partial charge in [-0.2, -0.15) is 0 Å². The van der Waals surface area contributed by atoms with Gasteiger partial charge in [0, 0.05) is 5.56 Å². The molecule has 1 aliphatic rings. The quantitative estimate of drug-likeness (QED) is 0.534. The summed E-state index contributed by atoms with van der Waals surface area (Å²) in [6, 6.07) is 9.27. The molecule has 0 aliphatic heterocycles. The summed E-state index contributed by atoms with van der Waals surface area (Å²) < 4.78 is 0. The normalized spacial score (nSPS) is 18.2. The van der Waals surface area contributed by atoms with Crippen molar-refractivity contribution in [3.05, 3.63) is 35.9 Å². The number of carbonyl (C=O) groups excluding carboxylic acids is 1. The van der Waals surface area contributed by atoms with Crippen LogP contribution in [0.15, 0.2) is 30.3 Å². The summed E-state index contributed by atoms with van der Waals surface area (Å²) in [4.78, 5) is 11.7. The smallest absolute Gasteiger partial charge is 0.180 e. The minimum Gasteiger partial charge on any atom is -0.292 e. The van der Waals surface area contributed by atoms with Gasteiger partial charge in [0.1, 0.15) is 0 Å². The minimum absolute atomic E-state index is 0.0739. The van der Waals surface area contributed by atoms with E-state index in [0.29, 0.717) is 5.92 Å². The van der Waals surface area contributed by atoms with Gasteiger partial charge in [0.15, 0.2) is 5.78 Å². The Bertz CT molecular complexity index is 303. The lowest BCUT2D eigenvalue weighted by Crippen LogP contribution is -2.16. The number of alkyl halides is 1. The summed E-state index contributed by atoms with van der Waals surface area (Å²) in [5, 5.41) is -0.303. The number of carbonyl (C=O) groups is 1. The van der Waals surface area contributed by atoms with Crippen LogP contribution in [0.3, 0.4) is 0 Å². The predicted molar refractivity (Wildman–Crippen MR) is 53.1 cm³/mol. The number of hydrogen-bond acceptors (Lipinski definition) is 1. The lowest BCUT2D eigenvalue weighted by molar-refractivity contribution is 0.0980. The zero-order valence-electron chi connectivity index (χ0n) is 7.24. The summed E-state index contributed by atoms with van der Waals surface area (Å²) in [7, 11) is 0. The van der Waals surface area contributed by atoms with Crippen molar-refractivity contribution in [2.75, 3.05) is 0 Å². The molecule has 0 heterocycles. The molecule has 1 aliphatic carbocycles. The molecule has 1 unspecified atom stereocenters. The van der Waals surface area contributed by atoms with E-state index in [1.54, 1.807) is 0 Å². The number of halogens is 1. The first-order chi connectivity index (χ1) is 6.29. The van der Waals surface area contributed by atoms with Gasteiger partial charge in [-0.25, -0.2) is 0 Å². The van der Waals surface area contributed by atoms with Gasteiger partial charge in [-0.15, -0.1) is 11.6 Å². The average Bonchev–Trinajstić information content (AvgIpc) is 3.00. The van der Waals surface area contributed by atoms with E-state index in [9.17, 15) is 4.79 Å². The van der Waals surface area contributed by atoms with Crippen molar-refractivity contribution in [1.29, 1.82) is 0 Å². The molecule has 1 aromatic rings. The van der Waals surface area contributed by atoms with E-state index in [1.165, 1.54) is 0 Å². The van der Waals surface area contributed by atoms with Gasteiger partial charge < -0.3 is 0 Å². The van der Waals surface area contributed by atoms with Crippen LogP contribution in [-0.4, -0.2) is 11.2 Å².